The number of rotatable bonds is 2. The lowest BCUT2D eigenvalue weighted by Crippen LogP contribution is -2.53. The average Bonchev–Trinajstić information content (AvgIpc) is 2.65. The highest BCUT2D eigenvalue weighted by molar-refractivity contribution is 5.02. The molecule has 0 aromatic carbocycles. The molecule has 16 heavy (non-hydrogen) atoms. The van der Waals surface area contributed by atoms with E-state index in [2.05, 4.69) is 33.0 Å². The zero-order valence-electron chi connectivity index (χ0n) is 11.6. The Morgan fingerprint density at radius 1 is 1.06 bits per heavy atom. The lowest BCUT2D eigenvalue weighted by Gasteiger charge is -2.46. The summed E-state index contributed by atoms with van der Waals surface area (Å²) in [5, 5.41) is 3.88. The Kier molecular flexibility index (Phi) is 3.63. The molecule has 3 unspecified atom stereocenters. The molecular formula is C15H29N. The van der Waals surface area contributed by atoms with Crippen LogP contribution in [0.5, 0.6) is 0 Å². The van der Waals surface area contributed by atoms with Gasteiger partial charge in [0, 0.05) is 5.54 Å². The predicted octanol–water partition coefficient (Wildman–Crippen LogP) is 3.84. The maximum absolute atomic E-state index is 3.88. The summed E-state index contributed by atoms with van der Waals surface area (Å²) in [4.78, 5) is 0. The van der Waals surface area contributed by atoms with Gasteiger partial charge in [-0.2, -0.15) is 0 Å². The van der Waals surface area contributed by atoms with E-state index >= 15 is 0 Å². The summed E-state index contributed by atoms with van der Waals surface area (Å²) in [6.07, 6.45) is 7.15. The molecule has 0 amide bonds. The highest BCUT2D eigenvalue weighted by atomic mass is 15.0. The second kappa shape index (κ2) is 4.68. The van der Waals surface area contributed by atoms with E-state index in [-0.39, 0.29) is 0 Å². The summed E-state index contributed by atoms with van der Waals surface area (Å²) in [7, 11) is 0. The number of hydrogen-bond acceptors (Lipinski definition) is 1. The molecule has 94 valence electrons. The van der Waals surface area contributed by atoms with Crippen molar-refractivity contribution in [3.63, 3.8) is 0 Å². The molecule has 1 saturated heterocycles. The van der Waals surface area contributed by atoms with Crippen LogP contribution in [0.15, 0.2) is 0 Å². The highest BCUT2D eigenvalue weighted by Crippen LogP contribution is 2.45. The second-order valence-corrected chi connectivity index (χ2v) is 6.84. The largest absolute Gasteiger partial charge is 0.311 e. The molecule has 0 aromatic rings. The first kappa shape index (κ1) is 12.4. The van der Waals surface area contributed by atoms with Crippen LogP contribution in [0.4, 0.5) is 0 Å². The summed E-state index contributed by atoms with van der Waals surface area (Å²) in [6.45, 7) is 11.0. The lowest BCUT2D eigenvalue weighted by molar-refractivity contribution is 0.0852. The van der Waals surface area contributed by atoms with Crippen molar-refractivity contribution in [3.8, 4) is 0 Å². The van der Waals surface area contributed by atoms with Gasteiger partial charge < -0.3 is 5.32 Å². The first-order valence-corrected chi connectivity index (χ1v) is 7.29. The molecule has 2 aliphatic rings. The zero-order chi connectivity index (χ0) is 11.8. The van der Waals surface area contributed by atoms with E-state index in [1.165, 1.54) is 38.6 Å². The Morgan fingerprint density at radius 2 is 1.69 bits per heavy atom. The van der Waals surface area contributed by atoms with E-state index < -0.39 is 0 Å². The van der Waals surface area contributed by atoms with Crippen LogP contribution in [0.25, 0.3) is 0 Å². The summed E-state index contributed by atoms with van der Waals surface area (Å²) >= 11 is 0. The SMILES string of the molecule is CC1CC(C)CC(C2(C(C)C)CCCN2)C1. The van der Waals surface area contributed by atoms with Crippen molar-refractivity contribution in [2.24, 2.45) is 23.7 Å². The van der Waals surface area contributed by atoms with Crippen LogP contribution >= 0.6 is 0 Å². The third-order valence-corrected chi connectivity index (χ3v) is 5.16. The van der Waals surface area contributed by atoms with Gasteiger partial charge >= 0.3 is 0 Å². The standard InChI is InChI=1S/C15H29N/c1-11(2)15(6-5-7-16-15)14-9-12(3)8-13(4)10-14/h11-14,16H,5-10H2,1-4H3. The van der Waals surface area contributed by atoms with Gasteiger partial charge in [-0.15, -0.1) is 0 Å². The fourth-order valence-electron chi connectivity index (χ4n) is 4.47. The Bertz CT molecular complexity index is 218. The van der Waals surface area contributed by atoms with Gasteiger partial charge in [-0.1, -0.05) is 27.7 Å². The van der Waals surface area contributed by atoms with Gasteiger partial charge in [-0.3, -0.25) is 0 Å². The molecule has 1 heteroatoms. The molecule has 0 bridgehead atoms. The summed E-state index contributed by atoms with van der Waals surface area (Å²) in [5.74, 6) is 3.59. The lowest BCUT2D eigenvalue weighted by atomic mass is 9.64. The molecule has 1 aliphatic heterocycles. The maximum Gasteiger partial charge on any atom is 0.0233 e. The van der Waals surface area contributed by atoms with Crippen LogP contribution in [0.1, 0.15) is 59.8 Å². The Balaban J connectivity index is 2.13. The van der Waals surface area contributed by atoms with Crippen LogP contribution in [0.3, 0.4) is 0 Å². The molecule has 2 fully saturated rings. The molecule has 0 radical (unpaired) electrons. The van der Waals surface area contributed by atoms with Gasteiger partial charge in [0.25, 0.3) is 0 Å². The third kappa shape index (κ3) is 2.16. The van der Waals surface area contributed by atoms with Crippen LogP contribution < -0.4 is 5.32 Å². The average molecular weight is 223 g/mol. The van der Waals surface area contributed by atoms with Gasteiger partial charge in [0.05, 0.1) is 0 Å². The number of hydrogen-bond donors (Lipinski definition) is 1. The van der Waals surface area contributed by atoms with Crippen molar-refractivity contribution in [3.05, 3.63) is 0 Å². The zero-order valence-corrected chi connectivity index (χ0v) is 11.6. The van der Waals surface area contributed by atoms with E-state index in [4.69, 9.17) is 0 Å². The molecule has 0 spiro atoms. The predicted molar refractivity (Wildman–Crippen MR) is 70.5 cm³/mol. The third-order valence-electron chi connectivity index (χ3n) is 5.16. The molecule has 1 heterocycles. The van der Waals surface area contributed by atoms with Crippen molar-refractivity contribution in [2.75, 3.05) is 6.54 Å². The van der Waals surface area contributed by atoms with Crippen molar-refractivity contribution < 1.29 is 0 Å². The van der Waals surface area contributed by atoms with Crippen molar-refractivity contribution in [1.82, 2.24) is 5.32 Å². The van der Waals surface area contributed by atoms with Crippen LogP contribution in [0.2, 0.25) is 0 Å². The first-order valence-electron chi connectivity index (χ1n) is 7.29. The summed E-state index contributed by atoms with van der Waals surface area (Å²) in [5.41, 5.74) is 0.475. The minimum atomic E-state index is 0.475. The smallest absolute Gasteiger partial charge is 0.0233 e. The molecule has 1 aliphatic carbocycles. The minimum Gasteiger partial charge on any atom is -0.311 e. The molecule has 1 N–H and O–H groups in total. The Morgan fingerprint density at radius 3 is 2.12 bits per heavy atom. The van der Waals surface area contributed by atoms with E-state index in [0.717, 1.165) is 23.7 Å². The fraction of sp³-hybridized carbons (Fsp3) is 1.00. The normalized spacial score (nSPS) is 45.2. The fourth-order valence-corrected chi connectivity index (χ4v) is 4.47. The monoisotopic (exact) mass is 223 g/mol. The quantitative estimate of drug-likeness (QED) is 0.750. The Hall–Kier alpha value is -0.0400. The van der Waals surface area contributed by atoms with Gasteiger partial charge in [0.15, 0.2) is 0 Å². The topological polar surface area (TPSA) is 12.0 Å². The van der Waals surface area contributed by atoms with E-state index in [1.54, 1.807) is 0 Å². The molecule has 3 atom stereocenters. The Labute approximate surface area is 101 Å². The van der Waals surface area contributed by atoms with E-state index in [1.807, 2.05) is 0 Å². The van der Waals surface area contributed by atoms with Gasteiger partial charge in [-0.25, -0.2) is 0 Å². The van der Waals surface area contributed by atoms with Gasteiger partial charge in [0.2, 0.25) is 0 Å². The van der Waals surface area contributed by atoms with Crippen molar-refractivity contribution in [1.29, 1.82) is 0 Å². The molecule has 1 nitrogen and oxygen atoms in total. The van der Waals surface area contributed by atoms with E-state index in [0.29, 0.717) is 5.54 Å². The second-order valence-electron chi connectivity index (χ2n) is 6.84. The summed E-state index contributed by atoms with van der Waals surface area (Å²) < 4.78 is 0. The molecule has 1 saturated carbocycles. The van der Waals surface area contributed by atoms with Crippen molar-refractivity contribution in [2.45, 2.75) is 65.3 Å². The van der Waals surface area contributed by atoms with E-state index in [9.17, 15) is 0 Å². The first-order chi connectivity index (χ1) is 7.54. The van der Waals surface area contributed by atoms with Gasteiger partial charge in [-0.05, 0) is 62.3 Å². The van der Waals surface area contributed by atoms with Crippen LogP contribution in [-0.4, -0.2) is 12.1 Å². The highest BCUT2D eigenvalue weighted by Gasteiger charge is 2.45. The van der Waals surface area contributed by atoms with Gasteiger partial charge in [0.1, 0.15) is 0 Å². The van der Waals surface area contributed by atoms with Crippen molar-refractivity contribution >= 4 is 0 Å². The minimum absolute atomic E-state index is 0.475. The van der Waals surface area contributed by atoms with Crippen LogP contribution in [0, 0.1) is 23.7 Å². The maximum atomic E-state index is 3.88. The number of nitrogens with one attached hydrogen (secondary N) is 1. The van der Waals surface area contributed by atoms with Crippen LogP contribution in [-0.2, 0) is 0 Å². The molecule has 0 aromatic heterocycles. The molecule has 2 rings (SSSR count). The summed E-state index contributed by atoms with van der Waals surface area (Å²) in [6, 6.07) is 0. The molecular weight excluding hydrogens is 194 g/mol.